The summed E-state index contributed by atoms with van der Waals surface area (Å²) in [6.45, 7) is 10.8. The van der Waals surface area contributed by atoms with Crippen LogP contribution in [0.4, 0.5) is 5.69 Å². The Hall–Kier alpha value is -2.75. The number of fused-ring (bicyclic) bond motifs is 2. The Morgan fingerprint density at radius 2 is 1.89 bits per heavy atom. The van der Waals surface area contributed by atoms with Crippen molar-refractivity contribution in [3.63, 3.8) is 0 Å². The summed E-state index contributed by atoms with van der Waals surface area (Å²) in [5.74, 6) is 0.730. The van der Waals surface area contributed by atoms with Gasteiger partial charge in [-0.2, -0.15) is 0 Å². The zero-order valence-electron chi connectivity index (χ0n) is 16.5. The zero-order valence-corrected chi connectivity index (χ0v) is 16.5. The van der Waals surface area contributed by atoms with E-state index in [9.17, 15) is 0 Å². The minimum absolute atomic E-state index is 0.360. The number of hydrogen-bond donors (Lipinski definition) is 3. The fraction of sp³-hybridized carbons (Fsp3) is 0.348. The summed E-state index contributed by atoms with van der Waals surface area (Å²) < 4.78 is 0. The fourth-order valence-electron chi connectivity index (χ4n) is 3.57. The molecule has 1 aliphatic rings. The average Bonchev–Trinajstić information content (AvgIpc) is 3.03. The van der Waals surface area contributed by atoms with E-state index in [2.05, 4.69) is 38.4 Å². The van der Waals surface area contributed by atoms with Crippen LogP contribution in [-0.4, -0.2) is 9.97 Å². The van der Waals surface area contributed by atoms with E-state index in [1.54, 1.807) is 0 Å². The molecule has 0 saturated heterocycles. The van der Waals surface area contributed by atoms with Crippen LogP contribution >= 0.6 is 0 Å². The van der Waals surface area contributed by atoms with Crippen molar-refractivity contribution in [1.29, 1.82) is 0 Å². The van der Waals surface area contributed by atoms with Crippen LogP contribution in [0.2, 0.25) is 0 Å². The molecule has 2 aromatic heterocycles. The highest BCUT2D eigenvalue weighted by Gasteiger charge is 2.29. The van der Waals surface area contributed by atoms with E-state index in [1.807, 2.05) is 36.4 Å². The van der Waals surface area contributed by atoms with E-state index in [0.29, 0.717) is 11.1 Å². The Bertz CT molecular complexity index is 932. The van der Waals surface area contributed by atoms with Gasteiger partial charge >= 0.3 is 0 Å². The monoisotopic (exact) mass is 362 g/mol. The Morgan fingerprint density at radius 1 is 1.19 bits per heavy atom. The maximum atomic E-state index is 5.76. The molecule has 1 aliphatic carbocycles. The van der Waals surface area contributed by atoms with Gasteiger partial charge in [-0.05, 0) is 60.4 Å². The molecule has 0 saturated carbocycles. The number of H-pyrrole nitrogens is 1. The molecule has 0 amide bonds. The number of aryl methyl sites for hydroxylation is 1. The Morgan fingerprint density at radius 3 is 2.44 bits per heavy atom. The lowest BCUT2D eigenvalue weighted by Gasteiger charge is -2.34. The second kappa shape index (κ2) is 7.47. The average molecular weight is 363 g/mol. The third kappa shape index (κ3) is 4.51. The lowest BCUT2D eigenvalue weighted by atomic mass is 9.71. The third-order valence-corrected chi connectivity index (χ3v) is 5.34. The van der Waals surface area contributed by atoms with Gasteiger partial charge in [-0.1, -0.05) is 45.5 Å². The molecule has 1 atom stereocenters. The van der Waals surface area contributed by atoms with Crippen LogP contribution in [-0.2, 0) is 12.8 Å². The second-order valence-electron chi connectivity index (χ2n) is 8.45. The molecule has 0 aliphatic heterocycles. The molecule has 0 radical (unpaired) electrons. The molecular formula is C23H30N4. The summed E-state index contributed by atoms with van der Waals surface area (Å²) in [7, 11) is 0. The van der Waals surface area contributed by atoms with Gasteiger partial charge in [0.2, 0.25) is 0 Å². The van der Waals surface area contributed by atoms with Gasteiger partial charge in [-0.25, -0.2) is 0 Å². The van der Waals surface area contributed by atoms with Crippen molar-refractivity contribution in [2.24, 2.45) is 17.1 Å². The maximum Gasteiger partial charge on any atom is 0.0889 e. The second-order valence-corrected chi connectivity index (χ2v) is 8.45. The lowest BCUT2D eigenvalue weighted by molar-refractivity contribution is 0.215. The predicted molar refractivity (Wildman–Crippen MR) is 115 cm³/mol. The number of hydrogen-bond acceptors (Lipinski definition) is 3. The number of para-hydroxylation sites is 1. The normalized spacial score (nSPS) is 16.3. The molecule has 3 aromatic rings. The third-order valence-electron chi connectivity index (χ3n) is 5.34. The minimum atomic E-state index is 0.360. The highest BCUT2D eigenvalue weighted by atomic mass is 14.8. The summed E-state index contributed by atoms with van der Waals surface area (Å²) in [5.41, 5.74) is 18.5. The predicted octanol–water partition coefficient (Wildman–Crippen LogP) is 4.91. The van der Waals surface area contributed by atoms with Crippen molar-refractivity contribution in [3.05, 3.63) is 66.0 Å². The van der Waals surface area contributed by atoms with Gasteiger partial charge in [0.25, 0.3) is 0 Å². The summed E-state index contributed by atoms with van der Waals surface area (Å²) in [5, 5.41) is 0. The van der Waals surface area contributed by atoms with Crippen molar-refractivity contribution >= 4 is 22.4 Å². The molecular weight excluding hydrogens is 332 g/mol. The zero-order chi connectivity index (χ0) is 19.6. The van der Waals surface area contributed by atoms with Crippen LogP contribution in [0.1, 0.15) is 44.1 Å². The Kier molecular flexibility index (Phi) is 5.26. The molecule has 0 fully saturated rings. The summed E-state index contributed by atoms with van der Waals surface area (Å²) in [6.07, 6.45) is 3.44. The number of benzene rings is 1. The van der Waals surface area contributed by atoms with Crippen LogP contribution in [0, 0.1) is 11.3 Å². The SMILES string of the molecule is C=C(N)c1cc2nc3c(cc2[nH]1)CC(C(C)(C)C)CC3.Nc1ccccc1. The molecule has 2 heterocycles. The first kappa shape index (κ1) is 19.0. The topological polar surface area (TPSA) is 80.7 Å². The molecule has 0 bridgehead atoms. The van der Waals surface area contributed by atoms with Gasteiger partial charge in [0.1, 0.15) is 0 Å². The number of pyridine rings is 1. The standard InChI is InChI=1S/C17H23N3.C6H7N/c1-10(18)14-9-16-15(20-14)8-11-7-12(17(2,3)4)5-6-13(11)19-16;7-6-4-2-1-3-5-6/h8-9,12,20H,1,5-7,18H2,2-4H3;1-5H,7H2. The quantitative estimate of drug-likeness (QED) is 0.538. The van der Waals surface area contributed by atoms with Gasteiger partial charge in [-0.15, -0.1) is 0 Å². The fourth-order valence-corrected chi connectivity index (χ4v) is 3.57. The smallest absolute Gasteiger partial charge is 0.0889 e. The molecule has 4 rings (SSSR count). The lowest BCUT2D eigenvalue weighted by Crippen LogP contribution is -2.27. The molecule has 4 heteroatoms. The van der Waals surface area contributed by atoms with Crippen molar-refractivity contribution in [2.75, 3.05) is 5.73 Å². The highest BCUT2D eigenvalue weighted by molar-refractivity contribution is 5.81. The van der Waals surface area contributed by atoms with Crippen LogP contribution in [0.25, 0.3) is 16.7 Å². The molecule has 27 heavy (non-hydrogen) atoms. The van der Waals surface area contributed by atoms with E-state index in [4.69, 9.17) is 16.5 Å². The first-order chi connectivity index (χ1) is 12.7. The maximum absolute atomic E-state index is 5.76. The number of nitrogens with two attached hydrogens (primary N) is 2. The molecule has 142 valence electrons. The summed E-state index contributed by atoms with van der Waals surface area (Å²) in [6, 6.07) is 13.7. The molecule has 1 unspecified atom stereocenters. The van der Waals surface area contributed by atoms with Gasteiger partial charge < -0.3 is 16.5 Å². The molecule has 5 N–H and O–H groups in total. The summed E-state index contributed by atoms with van der Waals surface area (Å²) in [4.78, 5) is 8.12. The first-order valence-corrected chi connectivity index (χ1v) is 9.51. The van der Waals surface area contributed by atoms with Crippen LogP contribution < -0.4 is 11.5 Å². The van der Waals surface area contributed by atoms with Crippen LogP contribution in [0.15, 0.2) is 49.0 Å². The van der Waals surface area contributed by atoms with E-state index in [0.717, 1.165) is 41.2 Å². The number of nitrogens with one attached hydrogen (secondary N) is 1. The van der Waals surface area contributed by atoms with Crippen LogP contribution in [0.5, 0.6) is 0 Å². The largest absolute Gasteiger partial charge is 0.399 e. The van der Waals surface area contributed by atoms with Crippen molar-refractivity contribution in [3.8, 4) is 0 Å². The van der Waals surface area contributed by atoms with Crippen molar-refractivity contribution in [1.82, 2.24) is 9.97 Å². The molecule has 4 nitrogen and oxygen atoms in total. The minimum Gasteiger partial charge on any atom is -0.399 e. The van der Waals surface area contributed by atoms with Gasteiger partial charge in [0.05, 0.1) is 16.7 Å². The highest BCUT2D eigenvalue weighted by Crippen LogP contribution is 2.37. The van der Waals surface area contributed by atoms with E-state index < -0.39 is 0 Å². The Balaban J connectivity index is 0.000000253. The number of aromatic amines is 1. The number of nitrogens with zero attached hydrogens (tertiary/aromatic N) is 1. The number of aromatic nitrogens is 2. The van der Waals surface area contributed by atoms with E-state index >= 15 is 0 Å². The van der Waals surface area contributed by atoms with Crippen LogP contribution in [0.3, 0.4) is 0 Å². The molecule has 1 aromatic carbocycles. The summed E-state index contributed by atoms with van der Waals surface area (Å²) >= 11 is 0. The number of anilines is 1. The van der Waals surface area contributed by atoms with E-state index in [1.165, 1.54) is 17.7 Å². The van der Waals surface area contributed by atoms with Gasteiger partial charge in [-0.3, -0.25) is 4.98 Å². The van der Waals surface area contributed by atoms with Gasteiger partial charge in [0, 0.05) is 17.1 Å². The van der Waals surface area contributed by atoms with Crippen molar-refractivity contribution in [2.45, 2.75) is 40.0 Å². The van der Waals surface area contributed by atoms with Gasteiger partial charge in [0.15, 0.2) is 0 Å². The number of nitrogen functional groups attached to an aromatic ring is 1. The van der Waals surface area contributed by atoms with Crippen molar-refractivity contribution < 1.29 is 0 Å². The van der Waals surface area contributed by atoms with E-state index in [-0.39, 0.29) is 0 Å². The number of rotatable bonds is 1. The Labute approximate surface area is 161 Å². The first-order valence-electron chi connectivity index (χ1n) is 9.51. The molecule has 0 spiro atoms.